The fourth-order valence-electron chi connectivity index (χ4n) is 2.18. The van der Waals surface area contributed by atoms with Gasteiger partial charge < -0.3 is 10.2 Å². The molecule has 1 aromatic heterocycles. The van der Waals surface area contributed by atoms with Gasteiger partial charge in [0.1, 0.15) is 17.5 Å². The molecular formula is C15H18N4O. The highest BCUT2D eigenvalue weighted by atomic mass is 16.2. The van der Waals surface area contributed by atoms with Crippen LogP contribution in [0.25, 0.3) is 0 Å². The van der Waals surface area contributed by atoms with Crippen LogP contribution < -0.4 is 5.32 Å². The molecule has 1 aromatic rings. The zero-order valence-corrected chi connectivity index (χ0v) is 11.6. The quantitative estimate of drug-likeness (QED) is 0.675. The minimum absolute atomic E-state index is 0.121. The first-order valence-electron chi connectivity index (χ1n) is 6.80. The predicted octanol–water partition coefficient (Wildman–Crippen LogP) is 2.22. The van der Waals surface area contributed by atoms with Crippen molar-refractivity contribution < 1.29 is 4.79 Å². The second kappa shape index (κ2) is 6.71. The summed E-state index contributed by atoms with van der Waals surface area (Å²) in [7, 11) is 0. The molecule has 0 aliphatic carbocycles. The molecule has 0 aromatic carbocycles. The number of nitrogens with zero attached hydrogens (tertiary/aromatic N) is 3. The van der Waals surface area contributed by atoms with Crippen molar-refractivity contribution in [1.82, 2.24) is 9.88 Å². The third-order valence-corrected chi connectivity index (χ3v) is 3.25. The van der Waals surface area contributed by atoms with Crippen LogP contribution >= 0.6 is 0 Å². The molecule has 1 aliphatic rings. The maximum absolute atomic E-state index is 12.2. The Balaban J connectivity index is 2.05. The number of nitriles is 1. The van der Waals surface area contributed by atoms with E-state index in [1.807, 2.05) is 25.1 Å². The molecule has 104 valence electrons. The third kappa shape index (κ3) is 3.58. The lowest BCUT2D eigenvalue weighted by Gasteiger charge is -2.26. The summed E-state index contributed by atoms with van der Waals surface area (Å²) in [6.07, 6.45) is 4.62. The Morgan fingerprint density at radius 3 is 2.80 bits per heavy atom. The summed E-state index contributed by atoms with van der Waals surface area (Å²) in [6.45, 7) is 3.36. The number of carbonyl (C=O) groups is 1. The Bertz CT molecular complexity index is 553. The van der Waals surface area contributed by atoms with Crippen LogP contribution in [0, 0.1) is 18.3 Å². The summed E-state index contributed by atoms with van der Waals surface area (Å²) in [5, 5.41) is 12.0. The molecule has 5 heteroatoms. The first-order valence-corrected chi connectivity index (χ1v) is 6.80. The second-order valence-electron chi connectivity index (χ2n) is 4.83. The van der Waals surface area contributed by atoms with Gasteiger partial charge in [0.05, 0.1) is 0 Å². The fourth-order valence-corrected chi connectivity index (χ4v) is 2.18. The number of pyridine rings is 1. The Hall–Kier alpha value is -2.35. The summed E-state index contributed by atoms with van der Waals surface area (Å²) in [5.41, 5.74) is 1.000. The van der Waals surface area contributed by atoms with Crippen molar-refractivity contribution >= 4 is 11.7 Å². The molecule has 0 radical (unpaired) electrons. The normalized spacial score (nSPS) is 15.6. The van der Waals surface area contributed by atoms with Crippen LogP contribution in [0.2, 0.25) is 0 Å². The second-order valence-corrected chi connectivity index (χ2v) is 4.83. The number of rotatable bonds is 3. The number of hydrogen-bond acceptors (Lipinski definition) is 4. The van der Waals surface area contributed by atoms with Crippen LogP contribution in [0.1, 0.15) is 25.0 Å². The number of piperidine rings is 1. The fraction of sp³-hybridized carbons (Fsp3) is 0.400. The number of aromatic nitrogens is 1. The molecule has 20 heavy (non-hydrogen) atoms. The average Bonchev–Trinajstić information content (AvgIpc) is 2.48. The van der Waals surface area contributed by atoms with Gasteiger partial charge in [-0.2, -0.15) is 5.26 Å². The lowest BCUT2D eigenvalue weighted by molar-refractivity contribution is -0.127. The molecule has 0 bridgehead atoms. The van der Waals surface area contributed by atoms with Crippen LogP contribution in [0.4, 0.5) is 5.82 Å². The Kier molecular flexibility index (Phi) is 4.72. The molecule has 1 fully saturated rings. The van der Waals surface area contributed by atoms with Gasteiger partial charge in [-0.3, -0.25) is 4.79 Å². The highest BCUT2D eigenvalue weighted by molar-refractivity contribution is 5.97. The molecule has 0 unspecified atom stereocenters. The number of nitrogens with one attached hydrogen (secondary N) is 1. The number of anilines is 1. The molecule has 5 nitrogen and oxygen atoms in total. The van der Waals surface area contributed by atoms with Crippen LogP contribution in [0.5, 0.6) is 0 Å². The van der Waals surface area contributed by atoms with E-state index in [4.69, 9.17) is 5.26 Å². The van der Waals surface area contributed by atoms with E-state index in [9.17, 15) is 4.79 Å². The van der Waals surface area contributed by atoms with Gasteiger partial charge in [0.15, 0.2) is 0 Å². The molecule has 1 saturated heterocycles. The van der Waals surface area contributed by atoms with Gasteiger partial charge in [-0.25, -0.2) is 4.98 Å². The Morgan fingerprint density at radius 2 is 2.15 bits per heavy atom. The van der Waals surface area contributed by atoms with Crippen molar-refractivity contribution in [3.05, 3.63) is 35.7 Å². The van der Waals surface area contributed by atoms with Gasteiger partial charge in [0.25, 0.3) is 5.91 Å². The maximum Gasteiger partial charge on any atom is 0.266 e. The zero-order valence-electron chi connectivity index (χ0n) is 11.6. The highest BCUT2D eigenvalue weighted by Crippen LogP contribution is 2.12. The van der Waals surface area contributed by atoms with Crippen LogP contribution in [0.15, 0.2) is 30.0 Å². The predicted molar refractivity (Wildman–Crippen MR) is 76.7 cm³/mol. The smallest absolute Gasteiger partial charge is 0.266 e. The van der Waals surface area contributed by atoms with Crippen LogP contribution in [0.3, 0.4) is 0 Å². The number of hydrogen-bond donors (Lipinski definition) is 1. The number of carbonyl (C=O) groups excluding carboxylic acids is 1. The number of likely N-dealkylation sites (tertiary alicyclic amines) is 1. The van der Waals surface area contributed by atoms with Gasteiger partial charge in [-0.05, 0) is 38.3 Å². The van der Waals surface area contributed by atoms with Crippen molar-refractivity contribution in [3.63, 3.8) is 0 Å². The largest absolute Gasteiger partial charge is 0.345 e. The first kappa shape index (κ1) is 14.1. The molecule has 1 amide bonds. The minimum atomic E-state index is -0.202. The summed E-state index contributed by atoms with van der Waals surface area (Å²) < 4.78 is 0. The third-order valence-electron chi connectivity index (χ3n) is 3.25. The van der Waals surface area contributed by atoms with Crippen molar-refractivity contribution in [1.29, 1.82) is 5.26 Å². The standard InChI is InChI=1S/C15H18N4O/c1-12-6-5-7-14(18-12)17-11-13(10-16)15(20)19-8-3-2-4-9-19/h5-7,11H,2-4,8-9H2,1H3,(H,17,18)/b13-11-. The van der Waals surface area contributed by atoms with Crippen LogP contribution in [-0.4, -0.2) is 28.9 Å². The number of aryl methyl sites for hydroxylation is 1. The van der Waals surface area contributed by atoms with E-state index >= 15 is 0 Å². The van der Waals surface area contributed by atoms with Gasteiger partial charge >= 0.3 is 0 Å². The Labute approximate surface area is 118 Å². The monoisotopic (exact) mass is 270 g/mol. The summed E-state index contributed by atoms with van der Waals surface area (Å²) in [4.78, 5) is 18.2. The van der Waals surface area contributed by atoms with E-state index in [2.05, 4.69) is 10.3 Å². The van der Waals surface area contributed by atoms with E-state index in [1.54, 1.807) is 11.0 Å². The lowest BCUT2D eigenvalue weighted by Crippen LogP contribution is -2.36. The molecule has 1 aliphatic heterocycles. The van der Waals surface area contributed by atoms with Crippen molar-refractivity contribution in [3.8, 4) is 6.07 Å². The van der Waals surface area contributed by atoms with Crippen molar-refractivity contribution in [2.24, 2.45) is 0 Å². The van der Waals surface area contributed by atoms with E-state index in [0.29, 0.717) is 5.82 Å². The topological polar surface area (TPSA) is 69.0 Å². The average molecular weight is 270 g/mol. The van der Waals surface area contributed by atoms with Gasteiger partial charge in [-0.1, -0.05) is 6.07 Å². The van der Waals surface area contributed by atoms with Gasteiger partial charge in [-0.15, -0.1) is 0 Å². The number of amides is 1. The van der Waals surface area contributed by atoms with Crippen LogP contribution in [-0.2, 0) is 4.79 Å². The molecule has 2 heterocycles. The molecule has 1 N–H and O–H groups in total. The van der Waals surface area contributed by atoms with E-state index < -0.39 is 0 Å². The summed E-state index contributed by atoms with van der Waals surface area (Å²) in [6, 6.07) is 7.52. The van der Waals surface area contributed by atoms with Crippen molar-refractivity contribution in [2.75, 3.05) is 18.4 Å². The summed E-state index contributed by atoms with van der Waals surface area (Å²) in [5.74, 6) is 0.427. The lowest BCUT2D eigenvalue weighted by atomic mass is 10.1. The first-order chi connectivity index (χ1) is 9.70. The van der Waals surface area contributed by atoms with E-state index in [0.717, 1.165) is 38.0 Å². The Morgan fingerprint density at radius 1 is 1.40 bits per heavy atom. The molecule has 2 rings (SSSR count). The van der Waals surface area contributed by atoms with E-state index in [-0.39, 0.29) is 11.5 Å². The molecular weight excluding hydrogens is 252 g/mol. The highest BCUT2D eigenvalue weighted by Gasteiger charge is 2.20. The molecule has 0 atom stereocenters. The van der Waals surface area contributed by atoms with Gasteiger partial charge in [0.2, 0.25) is 0 Å². The summed E-state index contributed by atoms with van der Waals surface area (Å²) >= 11 is 0. The SMILES string of the molecule is Cc1cccc(N/C=C(/C#N)C(=O)N2CCCCC2)n1. The van der Waals surface area contributed by atoms with Crippen molar-refractivity contribution in [2.45, 2.75) is 26.2 Å². The minimum Gasteiger partial charge on any atom is -0.345 e. The van der Waals surface area contributed by atoms with E-state index in [1.165, 1.54) is 6.20 Å². The van der Waals surface area contributed by atoms with Gasteiger partial charge in [0, 0.05) is 25.0 Å². The molecule has 0 saturated carbocycles. The maximum atomic E-state index is 12.2. The zero-order chi connectivity index (χ0) is 14.4. The molecule has 0 spiro atoms.